The maximum absolute atomic E-state index is 8.75. The molecule has 0 fully saturated rings. The van der Waals surface area contributed by atoms with Gasteiger partial charge in [-0.1, -0.05) is 11.6 Å². The molecule has 6 heteroatoms. The maximum atomic E-state index is 8.75. The molecule has 0 aliphatic carbocycles. The molecule has 0 unspecified atom stereocenters. The van der Waals surface area contributed by atoms with Crippen LogP contribution >= 0.6 is 11.6 Å². The van der Waals surface area contributed by atoms with E-state index < -0.39 is 19.8 Å². The van der Waals surface area contributed by atoms with Crippen molar-refractivity contribution in [2.75, 3.05) is 0 Å². The largest absolute Gasteiger partial charge is 0.493 e. The van der Waals surface area contributed by atoms with Gasteiger partial charge < -0.3 is 10.0 Å². The summed E-state index contributed by atoms with van der Waals surface area (Å²) in [4.78, 5) is 6.89. The molecule has 1 aromatic rings. The van der Waals surface area contributed by atoms with Gasteiger partial charge in [0.1, 0.15) is 11.0 Å². The average Bonchev–Trinajstić information content (AvgIpc) is 2.01. The first-order valence-electron chi connectivity index (χ1n) is 4.21. The first kappa shape index (κ1) is 5.08. The summed E-state index contributed by atoms with van der Waals surface area (Å²) in [5.41, 5.74) is -0.125. The fourth-order valence-electron chi connectivity index (χ4n) is 0.544. The number of rotatable bonds is 1. The Labute approximate surface area is 73.2 Å². The fraction of sp³-hybridized carbons (Fsp3) is 0.200. The van der Waals surface area contributed by atoms with Gasteiger partial charge in [0.05, 0.1) is 0 Å². The molecule has 0 saturated carbocycles. The van der Waals surface area contributed by atoms with E-state index in [1.807, 2.05) is 0 Å². The summed E-state index contributed by atoms with van der Waals surface area (Å²) >= 11 is 5.51. The Morgan fingerprint density at radius 2 is 2.45 bits per heavy atom. The standard InChI is InChI=1S/C5H6BClN2O2/c1-3-8-2-4(6(10)11)5(7)9-3/h2,10-11H,1H3/i1D3. The Morgan fingerprint density at radius 1 is 1.73 bits per heavy atom. The molecule has 2 N–H and O–H groups in total. The van der Waals surface area contributed by atoms with Crippen molar-refractivity contribution in [3.8, 4) is 0 Å². The zero-order valence-corrected chi connectivity index (χ0v) is 6.08. The van der Waals surface area contributed by atoms with Crippen LogP contribution in [0.2, 0.25) is 5.15 Å². The van der Waals surface area contributed by atoms with Crippen LogP contribution in [0.5, 0.6) is 0 Å². The SMILES string of the molecule is [2H]C([2H])([2H])c1ncc(B(O)O)c(Cl)n1. The normalized spacial score (nSPS) is 15.0. The molecule has 1 heterocycles. The molecule has 0 aliphatic heterocycles. The molecule has 11 heavy (non-hydrogen) atoms. The van der Waals surface area contributed by atoms with E-state index in [0.29, 0.717) is 0 Å². The van der Waals surface area contributed by atoms with E-state index in [2.05, 4.69) is 9.97 Å². The van der Waals surface area contributed by atoms with Crippen molar-refractivity contribution in [1.82, 2.24) is 9.97 Å². The van der Waals surface area contributed by atoms with Crippen molar-refractivity contribution >= 4 is 24.2 Å². The highest BCUT2D eigenvalue weighted by atomic mass is 35.5. The molecule has 58 valence electrons. The Kier molecular flexibility index (Phi) is 1.46. The molecule has 4 nitrogen and oxygen atoms in total. The number of aromatic nitrogens is 2. The average molecular weight is 175 g/mol. The minimum absolute atomic E-state index is 0.125. The Bertz CT molecular complexity index is 346. The molecular weight excluding hydrogens is 166 g/mol. The van der Waals surface area contributed by atoms with E-state index in [4.69, 9.17) is 25.8 Å². The highest BCUT2D eigenvalue weighted by molar-refractivity contribution is 6.62. The van der Waals surface area contributed by atoms with Crippen LogP contribution in [0.3, 0.4) is 0 Å². The number of halogens is 1. The Balaban J connectivity index is 3.13. The van der Waals surface area contributed by atoms with E-state index in [-0.39, 0.29) is 10.6 Å². The lowest BCUT2D eigenvalue weighted by Crippen LogP contribution is -2.32. The third-order valence-corrected chi connectivity index (χ3v) is 1.35. The van der Waals surface area contributed by atoms with E-state index in [1.165, 1.54) is 0 Å². The van der Waals surface area contributed by atoms with Crippen LogP contribution in [-0.2, 0) is 0 Å². The molecule has 0 amide bonds. The second-order valence-corrected chi connectivity index (χ2v) is 2.17. The third-order valence-electron chi connectivity index (χ3n) is 1.05. The van der Waals surface area contributed by atoms with Crippen molar-refractivity contribution in [3.05, 3.63) is 17.2 Å². The summed E-state index contributed by atoms with van der Waals surface area (Å²) in [6.45, 7) is -2.46. The molecular formula is C5H6BClN2O2. The summed E-state index contributed by atoms with van der Waals surface area (Å²) in [7, 11) is -1.81. The van der Waals surface area contributed by atoms with Gasteiger partial charge in [0, 0.05) is 15.8 Å². The molecule has 0 aromatic carbocycles. The second kappa shape index (κ2) is 3.17. The van der Waals surface area contributed by atoms with E-state index >= 15 is 0 Å². The van der Waals surface area contributed by atoms with Crippen molar-refractivity contribution in [1.29, 1.82) is 0 Å². The molecule has 1 rings (SSSR count). The van der Waals surface area contributed by atoms with Crippen molar-refractivity contribution in [2.24, 2.45) is 0 Å². The van der Waals surface area contributed by atoms with Gasteiger partial charge >= 0.3 is 7.12 Å². The van der Waals surface area contributed by atoms with E-state index in [1.54, 1.807) is 0 Å². The molecule has 1 aromatic heterocycles. The van der Waals surface area contributed by atoms with Crippen molar-refractivity contribution < 1.29 is 14.2 Å². The molecule has 0 saturated heterocycles. The maximum Gasteiger partial charge on any atom is 0.493 e. The van der Waals surface area contributed by atoms with Crippen molar-refractivity contribution in [2.45, 2.75) is 6.85 Å². The topological polar surface area (TPSA) is 66.2 Å². The van der Waals surface area contributed by atoms with Gasteiger partial charge in [-0.05, 0) is 6.85 Å². The first-order chi connectivity index (χ1) is 6.32. The summed E-state index contributed by atoms with van der Waals surface area (Å²) in [6, 6.07) is 0. The van der Waals surface area contributed by atoms with Crippen LogP contribution in [0.25, 0.3) is 0 Å². The third kappa shape index (κ3) is 1.89. The zero-order valence-electron chi connectivity index (χ0n) is 8.32. The summed E-state index contributed by atoms with van der Waals surface area (Å²) in [6.07, 6.45) is 0.974. The van der Waals surface area contributed by atoms with Crippen LogP contribution in [0, 0.1) is 6.85 Å². The zero-order chi connectivity index (χ0) is 10.9. The van der Waals surface area contributed by atoms with E-state index in [9.17, 15) is 0 Å². The monoisotopic (exact) mass is 175 g/mol. The number of aryl methyl sites for hydroxylation is 1. The highest BCUT2D eigenvalue weighted by Crippen LogP contribution is 1.99. The number of nitrogens with zero attached hydrogens (tertiary/aromatic N) is 2. The number of hydrogen-bond acceptors (Lipinski definition) is 4. The van der Waals surface area contributed by atoms with Crippen LogP contribution in [0.4, 0.5) is 0 Å². The van der Waals surface area contributed by atoms with Gasteiger partial charge in [-0.15, -0.1) is 0 Å². The van der Waals surface area contributed by atoms with E-state index in [0.717, 1.165) is 6.20 Å². The van der Waals surface area contributed by atoms with Crippen LogP contribution < -0.4 is 5.46 Å². The minimum Gasteiger partial charge on any atom is -0.423 e. The molecule has 0 radical (unpaired) electrons. The lowest BCUT2D eigenvalue weighted by Gasteiger charge is -2.00. The van der Waals surface area contributed by atoms with Gasteiger partial charge in [0.25, 0.3) is 0 Å². The summed E-state index contributed by atoms with van der Waals surface area (Å²) < 4.78 is 20.9. The van der Waals surface area contributed by atoms with Crippen LogP contribution in [-0.4, -0.2) is 27.1 Å². The molecule has 0 spiro atoms. The quantitative estimate of drug-likeness (QED) is 0.430. The van der Waals surface area contributed by atoms with Gasteiger partial charge in [0.15, 0.2) is 0 Å². The predicted molar refractivity (Wildman–Crippen MR) is 41.6 cm³/mol. The van der Waals surface area contributed by atoms with Gasteiger partial charge in [-0.2, -0.15) is 0 Å². The second-order valence-electron chi connectivity index (χ2n) is 1.81. The van der Waals surface area contributed by atoms with Gasteiger partial charge in [0.2, 0.25) is 0 Å². The fourth-order valence-corrected chi connectivity index (χ4v) is 0.770. The van der Waals surface area contributed by atoms with Gasteiger partial charge in [-0.25, -0.2) is 9.97 Å². The van der Waals surface area contributed by atoms with Crippen molar-refractivity contribution in [3.63, 3.8) is 0 Å². The molecule has 0 atom stereocenters. The van der Waals surface area contributed by atoms with Crippen LogP contribution in [0.15, 0.2) is 6.20 Å². The Hall–Kier alpha value is -0.645. The lowest BCUT2D eigenvalue weighted by molar-refractivity contribution is 0.425. The lowest BCUT2D eigenvalue weighted by atomic mass is 9.83. The van der Waals surface area contributed by atoms with Crippen LogP contribution in [0.1, 0.15) is 9.94 Å². The highest BCUT2D eigenvalue weighted by Gasteiger charge is 2.16. The minimum atomic E-state index is -2.46. The first-order valence-corrected chi connectivity index (χ1v) is 3.09. The summed E-state index contributed by atoms with van der Waals surface area (Å²) in [5, 5.41) is 17.2. The smallest absolute Gasteiger partial charge is 0.423 e. The number of hydrogen-bond donors (Lipinski definition) is 2. The van der Waals surface area contributed by atoms with Gasteiger partial charge in [-0.3, -0.25) is 0 Å². The Morgan fingerprint density at radius 3 is 2.91 bits per heavy atom. The summed E-state index contributed by atoms with van der Waals surface area (Å²) in [5.74, 6) is -0.424. The molecule has 0 aliphatic rings. The predicted octanol–water partition coefficient (Wildman–Crippen LogP) is -0.882. The molecule has 0 bridgehead atoms.